The maximum Gasteiger partial charge on any atom is 0.300 e. The van der Waals surface area contributed by atoms with Crippen LogP contribution < -0.4 is 11.3 Å². The third-order valence-electron chi connectivity index (χ3n) is 3.32. The Labute approximate surface area is 106 Å². The first-order chi connectivity index (χ1) is 8.61. The summed E-state index contributed by atoms with van der Waals surface area (Å²) in [4.78, 5) is 13.4. The van der Waals surface area contributed by atoms with E-state index < -0.39 is 5.91 Å². The van der Waals surface area contributed by atoms with Crippen molar-refractivity contribution in [2.45, 2.75) is 32.0 Å². The van der Waals surface area contributed by atoms with Gasteiger partial charge in [0.05, 0.1) is 12.6 Å². The number of furan rings is 1. The van der Waals surface area contributed by atoms with Crippen LogP contribution >= 0.6 is 0 Å². The molecular formula is C12H19N3O3. The number of ether oxygens (including phenoxy) is 1. The van der Waals surface area contributed by atoms with E-state index in [0.717, 1.165) is 18.8 Å². The highest BCUT2D eigenvalue weighted by Gasteiger charge is 2.28. The van der Waals surface area contributed by atoms with Gasteiger partial charge in [-0.25, -0.2) is 5.84 Å². The van der Waals surface area contributed by atoms with Crippen LogP contribution in [-0.4, -0.2) is 36.6 Å². The molecule has 0 saturated carbocycles. The second-order valence-electron chi connectivity index (χ2n) is 4.59. The molecule has 0 aromatic carbocycles. The van der Waals surface area contributed by atoms with Crippen molar-refractivity contribution < 1.29 is 13.9 Å². The molecule has 1 amide bonds. The summed E-state index contributed by atoms with van der Waals surface area (Å²) in [5.74, 6) is 5.61. The van der Waals surface area contributed by atoms with E-state index in [4.69, 9.17) is 15.0 Å². The molecule has 0 aliphatic carbocycles. The van der Waals surface area contributed by atoms with Crippen molar-refractivity contribution >= 4 is 5.91 Å². The molecule has 2 unspecified atom stereocenters. The number of amides is 1. The van der Waals surface area contributed by atoms with E-state index in [1.165, 1.54) is 0 Å². The summed E-state index contributed by atoms with van der Waals surface area (Å²) in [7, 11) is 2.03. The zero-order chi connectivity index (χ0) is 13.1. The highest BCUT2D eigenvalue weighted by molar-refractivity contribution is 5.90. The average Bonchev–Trinajstić information content (AvgIpc) is 2.97. The fourth-order valence-corrected chi connectivity index (χ4v) is 2.32. The predicted octanol–water partition coefficient (Wildman–Crippen LogP) is 0.492. The molecule has 1 aromatic heterocycles. The Bertz CT molecular complexity index is 418. The number of nitrogens with zero attached hydrogens (tertiary/aromatic N) is 1. The Kier molecular flexibility index (Phi) is 4.00. The lowest BCUT2D eigenvalue weighted by molar-refractivity contribution is 0.0783. The lowest BCUT2D eigenvalue weighted by Crippen LogP contribution is -2.36. The first-order valence-corrected chi connectivity index (χ1v) is 6.03. The number of nitrogens with two attached hydrogens (primary N) is 1. The smallest absolute Gasteiger partial charge is 0.300 e. The zero-order valence-electron chi connectivity index (χ0n) is 10.7. The second kappa shape index (κ2) is 5.51. The fraction of sp³-hybridized carbons (Fsp3) is 0.583. The van der Waals surface area contributed by atoms with Crippen molar-refractivity contribution in [3.8, 4) is 0 Å². The van der Waals surface area contributed by atoms with E-state index in [-0.39, 0.29) is 11.9 Å². The minimum Gasteiger partial charge on any atom is -0.455 e. The molecule has 2 atom stereocenters. The van der Waals surface area contributed by atoms with Crippen LogP contribution in [0.4, 0.5) is 0 Å². The van der Waals surface area contributed by atoms with Gasteiger partial charge in [-0.05, 0) is 32.5 Å². The number of likely N-dealkylation sites (N-methyl/N-ethyl adjacent to an activating group) is 1. The van der Waals surface area contributed by atoms with E-state index in [1.54, 1.807) is 12.1 Å². The quantitative estimate of drug-likeness (QED) is 0.464. The number of carbonyl (C=O) groups is 1. The molecule has 1 saturated heterocycles. The van der Waals surface area contributed by atoms with Gasteiger partial charge < -0.3 is 9.15 Å². The van der Waals surface area contributed by atoms with E-state index in [9.17, 15) is 4.79 Å². The van der Waals surface area contributed by atoms with Gasteiger partial charge in [0.15, 0.2) is 5.76 Å². The van der Waals surface area contributed by atoms with Gasteiger partial charge in [-0.2, -0.15) is 0 Å². The SMILES string of the molecule is CC1OCCC1N(C)Cc1ccc(C(=O)NN)o1. The van der Waals surface area contributed by atoms with E-state index in [0.29, 0.717) is 12.6 Å². The first-order valence-electron chi connectivity index (χ1n) is 6.03. The van der Waals surface area contributed by atoms with Crippen LogP contribution in [0, 0.1) is 0 Å². The molecule has 0 radical (unpaired) electrons. The number of hydrogen-bond acceptors (Lipinski definition) is 5. The molecule has 1 aromatic rings. The third-order valence-corrected chi connectivity index (χ3v) is 3.32. The first kappa shape index (κ1) is 13.1. The van der Waals surface area contributed by atoms with Crippen LogP contribution in [0.2, 0.25) is 0 Å². The molecule has 1 aliphatic rings. The molecule has 6 heteroatoms. The monoisotopic (exact) mass is 253 g/mol. The van der Waals surface area contributed by atoms with Crippen LogP contribution in [0.15, 0.2) is 16.5 Å². The van der Waals surface area contributed by atoms with Crippen molar-refractivity contribution in [2.24, 2.45) is 5.84 Å². The summed E-state index contributed by atoms with van der Waals surface area (Å²) < 4.78 is 11.0. The summed E-state index contributed by atoms with van der Waals surface area (Å²) in [5.41, 5.74) is 2.04. The van der Waals surface area contributed by atoms with Crippen molar-refractivity contribution in [3.63, 3.8) is 0 Å². The molecule has 100 valence electrons. The Hall–Kier alpha value is -1.37. The molecule has 3 N–H and O–H groups in total. The van der Waals surface area contributed by atoms with Crippen LogP contribution in [-0.2, 0) is 11.3 Å². The second-order valence-corrected chi connectivity index (χ2v) is 4.59. The summed E-state index contributed by atoms with van der Waals surface area (Å²) >= 11 is 0. The third kappa shape index (κ3) is 2.72. The standard InChI is InChI=1S/C12H19N3O3/c1-8-10(5-6-17-8)15(2)7-9-3-4-11(18-9)12(16)14-13/h3-4,8,10H,5-7,13H2,1-2H3,(H,14,16). The Morgan fingerprint density at radius 3 is 3.00 bits per heavy atom. The number of nitrogens with one attached hydrogen (secondary N) is 1. The molecule has 1 fully saturated rings. The fourth-order valence-electron chi connectivity index (χ4n) is 2.32. The molecule has 0 bridgehead atoms. The van der Waals surface area contributed by atoms with Crippen molar-refractivity contribution in [3.05, 3.63) is 23.7 Å². The van der Waals surface area contributed by atoms with Crippen LogP contribution in [0.25, 0.3) is 0 Å². The highest BCUT2D eigenvalue weighted by atomic mass is 16.5. The number of nitrogen functional groups attached to an aromatic ring is 1. The van der Waals surface area contributed by atoms with Crippen LogP contribution in [0.5, 0.6) is 0 Å². The van der Waals surface area contributed by atoms with Crippen molar-refractivity contribution in [1.29, 1.82) is 0 Å². The molecule has 2 heterocycles. The van der Waals surface area contributed by atoms with Gasteiger partial charge in [-0.3, -0.25) is 15.1 Å². The summed E-state index contributed by atoms with van der Waals surface area (Å²) in [6.45, 7) is 3.52. The van der Waals surface area contributed by atoms with E-state index in [2.05, 4.69) is 11.8 Å². The summed E-state index contributed by atoms with van der Waals surface area (Å²) in [6, 6.07) is 3.81. The van der Waals surface area contributed by atoms with Gasteiger partial charge >= 0.3 is 5.91 Å². The predicted molar refractivity (Wildman–Crippen MR) is 65.6 cm³/mol. The van der Waals surface area contributed by atoms with Crippen LogP contribution in [0.3, 0.4) is 0 Å². The zero-order valence-corrected chi connectivity index (χ0v) is 10.7. The number of hydrogen-bond donors (Lipinski definition) is 2. The summed E-state index contributed by atoms with van der Waals surface area (Å²) in [5, 5.41) is 0. The van der Waals surface area contributed by atoms with E-state index in [1.807, 2.05) is 12.5 Å². The lowest BCUT2D eigenvalue weighted by Gasteiger charge is -2.25. The van der Waals surface area contributed by atoms with Crippen LogP contribution in [0.1, 0.15) is 29.7 Å². The number of rotatable bonds is 4. The molecular weight excluding hydrogens is 234 g/mol. The van der Waals surface area contributed by atoms with Gasteiger partial charge in [0.2, 0.25) is 0 Å². The average molecular weight is 253 g/mol. The lowest BCUT2D eigenvalue weighted by atomic mass is 10.1. The summed E-state index contributed by atoms with van der Waals surface area (Å²) in [6.07, 6.45) is 1.26. The molecule has 0 spiro atoms. The Balaban J connectivity index is 1.96. The minimum atomic E-state index is -0.415. The van der Waals surface area contributed by atoms with Crippen molar-refractivity contribution in [2.75, 3.05) is 13.7 Å². The maximum atomic E-state index is 11.3. The maximum absolute atomic E-state index is 11.3. The Morgan fingerprint density at radius 1 is 1.61 bits per heavy atom. The number of hydrazine groups is 1. The van der Waals surface area contributed by atoms with Gasteiger partial charge in [0.1, 0.15) is 5.76 Å². The number of carbonyl (C=O) groups excluding carboxylic acids is 1. The van der Waals surface area contributed by atoms with Gasteiger partial charge in [-0.15, -0.1) is 0 Å². The largest absolute Gasteiger partial charge is 0.455 e. The molecule has 2 rings (SSSR count). The van der Waals surface area contributed by atoms with Crippen molar-refractivity contribution in [1.82, 2.24) is 10.3 Å². The topological polar surface area (TPSA) is 80.7 Å². The van der Waals surface area contributed by atoms with Gasteiger partial charge in [-0.1, -0.05) is 0 Å². The molecule has 18 heavy (non-hydrogen) atoms. The van der Waals surface area contributed by atoms with Gasteiger partial charge in [0, 0.05) is 12.6 Å². The highest BCUT2D eigenvalue weighted by Crippen LogP contribution is 2.20. The normalized spacial score (nSPS) is 23.6. The Morgan fingerprint density at radius 2 is 2.39 bits per heavy atom. The van der Waals surface area contributed by atoms with E-state index >= 15 is 0 Å². The minimum absolute atomic E-state index is 0.233. The van der Waals surface area contributed by atoms with Gasteiger partial charge in [0.25, 0.3) is 0 Å². The molecule has 1 aliphatic heterocycles. The molecule has 6 nitrogen and oxygen atoms in total.